The van der Waals surface area contributed by atoms with Crippen LogP contribution in [0.4, 0.5) is 0 Å². The summed E-state index contributed by atoms with van der Waals surface area (Å²) in [6, 6.07) is 26.6. The summed E-state index contributed by atoms with van der Waals surface area (Å²) in [5.41, 5.74) is 4.16. The molecule has 33 heavy (non-hydrogen) atoms. The molecule has 5 rings (SSSR count). The highest BCUT2D eigenvalue weighted by Gasteiger charge is 2.09. The van der Waals surface area contributed by atoms with Crippen LogP contribution in [0.5, 0.6) is 5.75 Å². The third-order valence-electron chi connectivity index (χ3n) is 5.27. The van der Waals surface area contributed by atoms with Gasteiger partial charge < -0.3 is 4.74 Å². The van der Waals surface area contributed by atoms with E-state index in [1.165, 1.54) is 0 Å². The predicted molar refractivity (Wildman–Crippen MR) is 135 cm³/mol. The van der Waals surface area contributed by atoms with E-state index >= 15 is 0 Å². The Balaban J connectivity index is 1.58. The fraction of sp³-hybridized carbons (Fsp3) is 0.0741. The van der Waals surface area contributed by atoms with E-state index in [0.717, 1.165) is 43.7 Å². The van der Waals surface area contributed by atoms with Gasteiger partial charge in [-0.1, -0.05) is 54.6 Å². The van der Waals surface area contributed by atoms with E-state index in [2.05, 4.69) is 46.8 Å². The molecule has 0 saturated carbocycles. The first-order valence-corrected chi connectivity index (χ1v) is 11.5. The topological polar surface area (TPSA) is 51.8 Å². The number of hydrogen-bond donors (Lipinski definition) is 0. The Kier molecular flexibility index (Phi) is 6.08. The average Bonchev–Trinajstić information content (AvgIpc) is 3.29. The maximum absolute atomic E-state index is 5.36. The lowest BCUT2D eigenvalue weighted by Gasteiger charge is -2.07. The van der Waals surface area contributed by atoms with Gasteiger partial charge in [0.15, 0.2) is 0 Å². The van der Waals surface area contributed by atoms with E-state index < -0.39 is 0 Å². The molecule has 5 nitrogen and oxygen atoms in total. The van der Waals surface area contributed by atoms with Crippen LogP contribution in [0, 0.1) is 0 Å². The summed E-state index contributed by atoms with van der Waals surface area (Å²) in [4.78, 5) is 9.87. The van der Waals surface area contributed by atoms with E-state index in [-0.39, 0.29) is 0 Å². The van der Waals surface area contributed by atoms with Crippen molar-refractivity contribution < 1.29 is 4.74 Å². The number of benzene rings is 3. The molecular formula is C27H22N4OS. The Morgan fingerprint density at radius 1 is 0.970 bits per heavy atom. The maximum Gasteiger partial charge on any atom is 0.206 e. The molecule has 0 saturated heterocycles. The van der Waals surface area contributed by atoms with E-state index in [1.807, 2.05) is 53.4 Å². The lowest BCUT2D eigenvalue weighted by atomic mass is 10.1. The summed E-state index contributed by atoms with van der Waals surface area (Å²) < 4.78 is 7.27. The number of thiazole rings is 1. The number of aromatic nitrogens is 2. The quantitative estimate of drug-likeness (QED) is 0.309. The predicted octanol–water partition coefficient (Wildman–Crippen LogP) is 5.76. The molecule has 0 N–H and O–H groups in total. The molecule has 3 aromatic carbocycles. The molecule has 0 unspecified atom stereocenters. The first-order valence-electron chi connectivity index (χ1n) is 10.6. The minimum absolute atomic E-state index is 0.598. The molecule has 0 aliphatic rings. The Hall–Kier alpha value is -4.03. The minimum Gasteiger partial charge on any atom is -0.497 e. The summed E-state index contributed by atoms with van der Waals surface area (Å²) in [5, 5.41) is 9.16. The molecule has 0 bridgehead atoms. The Morgan fingerprint density at radius 3 is 2.64 bits per heavy atom. The number of ether oxygens (including phenoxy) is 1. The van der Waals surface area contributed by atoms with Gasteiger partial charge in [-0.3, -0.25) is 9.98 Å². The molecule has 2 heterocycles. The smallest absolute Gasteiger partial charge is 0.206 e. The van der Waals surface area contributed by atoms with Gasteiger partial charge >= 0.3 is 0 Å². The van der Waals surface area contributed by atoms with Gasteiger partial charge in [0, 0.05) is 28.9 Å². The highest BCUT2D eigenvalue weighted by Crippen LogP contribution is 2.27. The highest BCUT2D eigenvalue weighted by atomic mass is 32.1. The summed E-state index contributed by atoms with van der Waals surface area (Å²) in [7, 11) is 1.69. The number of rotatable bonds is 6. The minimum atomic E-state index is 0.598. The van der Waals surface area contributed by atoms with Gasteiger partial charge in [-0.05, 0) is 40.6 Å². The van der Waals surface area contributed by atoms with Crippen molar-refractivity contribution in [2.75, 3.05) is 7.11 Å². The van der Waals surface area contributed by atoms with Crippen LogP contribution in [-0.2, 0) is 6.54 Å². The zero-order chi connectivity index (χ0) is 22.5. The zero-order valence-electron chi connectivity index (χ0n) is 18.1. The molecule has 0 amide bonds. The fourth-order valence-corrected chi connectivity index (χ4v) is 4.38. The normalized spacial score (nSPS) is 12.0. The largest absolute Gasteiger partial charge is 0.497 e. The summed E-state index contributed by atoms with van der Waals surface area (Å²) in [6.07, 6.45) is 5.36. The van der Waals surface area contributed by atoms with Gasteiger partial charge in [0.25, 0.3) is 0 Å². The zero-order valence-corrected chi connectivity index (χ0v) is 18.9. The van der Waals surface area contributed by atoms with Gasteiger partial charge in [0.05, 0.1) is 25.6 Å². The monoisotopic (exact) mass is 450 g/mol. The van der Waals surface area contributed by atoms with Crippen molar-refractivity contribution in [3.63, 3.8) is 0 Å². The SMILES string of the molecule is COc1ccc2cc(-c3csc(=NCc4ccccc4)n3N=Cc3cccnc3)ccc2c1. The van der Waals surface area contributed by atoms with Gasteiger partial charge in [0.1, 0.15) is 5.75 Å². The Morgan fingerprint density at radius 2 is 1.82 bits per heavy atom. The van der Waals surface area contributed by atoms with Crippen LogP contribution in [0.15, 0.2) is 107 Å². The molecule has 2 aromatic heterocycles. The van der Waals surface area contributed by atoms with Crippen molar-refractivity contribution >= 4 is 28.3 Å². The van der Waals surface area contributed by atoms with Crippen LogP contribution >= 0.6 is 11.3 Å². The van der Waals surface area contributed by atoms with Crippen molar-refractivity contribution in [3.05, 3.63) is 113 Å². The van der Waals surface area contributed by atoms with Crippen molar-refractivity contribution in [2.24, 2.45) is 10.1 Å². The molecule has 6 heteroatoms. The molecule has 0 atom stereocenters. The number of pyridine rings is 1. The maximum atomic E-state index is 5.36. The van der Waals surface area contributed by atoms with Gasteiger partial charge in [-0.2, -0.15) is 5.10 Å². The molecule has 0 spiro atoms. The number of fused-ring (bicyclic) bond motifs is 1. The Bertz CT molecular complexity index is 1470. The molecule has 5 aromatic rings. The van der Waals surface area contributed by atoms with Crippen LogP contribution in [-0.4, -0.2) is 23.0 Å². The van der Waals surface area contributed by atoms with E-state index in [1.54, 1.807) is 30.8 Å². The third-order valence-corrected chi connectivity index (χ3v) is 6.13. The van der Waals surface area contributed by atoms with Gasteiger partial charge in [0.2, 0.25) is 4.80 Å². The number of nitrogens with zero attached hydrogens (tertiary/aromatic N) is 4. The van der Waals surface area contributed by atoms with Gasteiger partial charge in [-0.15, -0.1) is 11.3 Å². The van der Waals surface area contributed by atoms with Crippen molar-refractivity contribution in [3.8, 4) is 17.0 Å². The van der Waals surface area contributed by atoms with E-state index in [9.17, 15) is 0 Å². The van der Waals surface area contributed by atoms with Crippen LogP contribution in [0.2, 0.25) is 0 Å². The summed E-state index contributed by atoms with van der Waals surface area (Å²) in [6.45, 7) is 0.598. The van der Waals surface area contributed by atoms with Gasteiger partial charge in [-0.25, -0.2) is 4.68 Å². The number of methoxy groups -OCH3 is 1. The summed E-state index contributed by atoms with van der Waals surface area (Å²) in [5.74, 6) is 0.851. The van der Waals surface area contributed by atoms with Crippen molar-refractivity contribution in [2.45, 2.75) is 6.54 Å². The second-order valence-corrected chi connectivity index (χ2v) is 8.31. The Labute approximate surface area is 196 Å². The molecule has 0 radical (unpaired) electrons. The van der Waals surface area contributed by atoms with E-state index in [0.29, 0.717) is 6.54 Å². The second-order valence-electron chi connectivity index (χ2n) is 7.48. The molecule has 0 aliphatic heterocycles. The average molecular weight is 451 g/mol. The lowest BCUT2D eigenvalue weighted by Crippen LogP contribution is -2.12. The molecular weight excluding hydrogens is 428 g/mol. The molecule has 162 valence electrons. The van der Waals surface area contributed by atoms with Crippen LogP contribution in [0.1, 0.15) is 11.1 Å². The molecule has 0 fully saturated rings. The van der Waals surface area contributed by atoms with Crippen LogP contribution < -0.4 is 9.54 Å². The van der Waals surface area contributed by atoms with Crippen molar-refractivity contribution in [1.82, 2.24) is 9.66 Å². The van der Waals surface area contributed by atoms with Crippen LogP contribution in [0.3, 0.4) is 0 Å². The fourth-order valence-electron chi connectivity index (χ4n) is 3.55. The van der Waals surface area contributed by atoms with E-state index in [4.69, 9.17) is 14.8 Å². The number of hydrogen-bond acceptors (Lipinski definition) is 5. The van der Waals surface area contributed by atoms with Crippen LogP contribution in [0.25, 0.3) is 22.0 Å². The highest BCUT2D eigenvalue weighted by molar-refractivity contribution is 7.07. The first-order chi connectivity index (χ1) is 16.3. The molecule has 0 aliphatic carbocycles. The summed E-state index contributed by atoms with van der Waals surface area (Å²) >= 11 is 1.58. The standard InChI is InChI=1S/C27H22N4OS/c1-32-25-12-11-22-14-24(10-9-23(22)15-25)26-19-33-27(29-17-20-6-3-2-4-7-20)31(26)30-18-21-8-5-13-28-16-21/h2-16,18-19H,17H2,1H3. The lowest BCUT2D eigenvalue weighted by molar-refractivity contribution is 0.415. The first kappa shape index (κ1) is 20.8. The second kappa shape index (κ2) is 9.63. The third kappa shape index (κ3) is 4.76. The van der Waals surface area contributed by atoms with Crippen molar-refractivity contribution in [1.29, 1.82) is 0 Å².